The predicted octanol–water partition coefficient (Wildman–Crippen LogP) is 2.92. The number of halogens is 1. The molecule has 0 spiro atoms. The van der Waals surface area contributed by atoms with Crippen LogP contribution in [-0.4, -0.2) is 31.2 Å². The Hall–Kier alpha value is -0.770. The molecule has 1 fully saturated rings. The SMILES string of the molecule is CN(Cc1cc(Cl)ccc1N)CC1CCCCO1. The normalized spacial score (nSPS) is 20.3. The van der Waals surface area contributed by atoms with Crippen molar-refractivity contribution in [3.63, 3.8) is 0 Å². The van der Waals surface area contributed by atoms with Gasteiger partial charge in [0.25, 0.3) is 0 Å². The zero-order chi connectivity index (χ0) is 13.0. The minimum Gasteiger partial charge on any atom is -0.398 e. The fourth-order valence-electron chi connectivity index (χ4n) is 2.37. The van der Waals surface area contributed by atoms with Crippen LogP contribution in [0.2, 0.25) is 5.02 Å². The van der Waals surface area contributed by atoms with Crippen LogP contribution in [0.25, 0.3) is 0 Å². The summed E-state index contributed by atoms with van der Waals surface area (Å²) in [5.74, 6) is 0. The summed E-state index contributed by atoms with van der Waals surface area (Å²) in [6.07, 6.45) is 4.00. The van der Waals surface area contributed by atoms with Crippen LogP contribution >= 0.6 is 11.6 Å². The second-order valence-electron chi connectivity index (χ2n) is 5.03. The van der Waals surface area contributed by atoms with Crippen molar-refractivity contribution in [3.05, 3.63) is 28.8 Å². The van der Waals surface area contributed by atoms with Crippen LogP contribution in [-0.2, 0) is 11.3 Å². The number of nitrogens with two attached hydrogens (primary N) is 1. The van der Waals surface area contributed by atoms with Gasteiger partial charge < -0.3 is 10.5 Å². The fraction of sp³-hybridized carbons (Fsp3) is 0.571. The molecule has 1 aliphatic heterocycles. The summed E-state index contributed by atoms with van der Waals surface area (Å²) in [7, 11) is 2.10. The number of hydrogen-bond donors (Lipinski definition) is 1. The number of nitrogen functional groups attached to an aromatic ring is 1. The Bertz CT molecular complexity index is 391. The van der Waals surface area contributed by atoms with E-state index >= 15 is 0 Å². The average Bonchev–Trinajstić information content (AvgIpc) is 2.35. The second-order valence-corrected chi connectivity index (χ2v) is 5.46. The van der Waals surface area contributed by atoms with E-state index in [0.717, 1.165) is 42.4 Å². The van der Waals surface area contributed by atoms with E-state index in [-0.39, 0.29) is 0 Å². The van der Waals surface area contributed by atoms with Crippen LogP contribution in [0, 0.1) is 0 Å². The van der Waals surface area contributed by atoms with Gasteiger partial charge in [-0.3, -0.25) is 4.90 Å². The Morgan fingerprint density at radius 2 is 2.28 bits per heavy atom. The Balaban J connectivity index is 1.89. The Labute approximate surface area is 114 Å². The zero-order valence-electron chi connectivity index (χ0n) is 10.9. The third-order valence-corrected chi connectivity index (χ3v) is 3.57. The van der Waals surface area contributed by atoms with E-state index in [1.54, 1.807) is 0 Å². The fourth-order valence-corrected chi connectivity index (χ4v) is 2.56. The molecule has 0 radical (unpaired) electrons. The van der Waals surface area contributed by atoms with Gasteiger partial charge in [0.1, 0.15) is 0 Å². The number of anilines is 1. The van der Waals surface area contributed by atoms with Gasteiger partial charge in [-0.2, -0.15) is 0 Å². The van der Waals surface area contributed by atoms with Crippen LogP contribution in [0.5, 0.6) is 0 Å². The van der Waals surface area contributed by atoms with Gasteiger partial charge in [0.05, 0.1) is 6.10 Å². The van der Waals surface area contributed by atoms with Crippen molar-refractivity contribution in [2.24, 2.45) is 0 Å². The molecule has 18 heavy (non-hydrogen) atoms. The first kappa shape index (κ1) is 13.7. The van der Waals surface area contributed by atoms with E-state index in [4.69, 9.17) is 22.1 Å². The maximum Gasteiger partial charge on any atom is 0.0702 e. The summed E-state index contributed by atoms with van der Waals surface area (Å²) in [5.41, 5.74) is 7.84. The monoisotopic (exact) mass is 268 g/mol. The predicted molar refractivity (Wildman–Crippen MR) is 75.8 cm³/mol. The average molecular weight is 269 g/mol. The molecule has 0 saturated carbocycles. The van der Waals surface area contributed by atoms with Crippen molar-refractivity contribution in [2.75, 3.05) is 25.9 Å². The molecule has 1 aliphatic rings. The van der Waals surface area contributed by atoms with Crippen molar-refractivity contribution in [3.8, 4) is 0 Å². The summed E-state index contributed by atoms with van der Waals surface area (Å²) in [6, 6.07) is 5.63. The Morgan fingerprint density at radius 1 is 1.44 bits per heavy atom. The molecule has 0 aliphatic carbocycles. The smallest absolute Gasteiger partial charge is 0.0702 e. The quantitative estimate of drug-likeness (QED) is 0.854. The maximum absolute atomic E-state index is 5.99. The highest BCUT2D eigenvalue weighted by Crippen LogP contribution is 2.20. The van der Waals surface area contributed by atoms with Gasteiger partial charge in [-0.1, -0.05) is 11.6 Å². The van der Waals surface area contributed by atoms with E-state index in [9.17, 15) is 0 Å². The molecule has 3 nitrogen and oxygen atoms in total. The molecule has 0 amide bonds. The number of rotatable bonds is 4. The standard InChI is InChI=1S/C14H21ClN2O/c1-17(10-13-4-2-3-7-18-13)9-11-8-12(15)5-6-14(11)16/h5-6,8,13H,2-4,7,9-10,16H2,1H3. The van der Waals surface area contributed by atoms with E-state index in [0.29, 0.717) is 6.10 Å². The molecule has 4 heteroatoms. The van der Waals surface area contributed by atoms with Crippen molar-refractivity contribution in [1.82, 2.24) is 4.90 Å². The zero-order valence-corrected chi connectivity index (χ0v) is 11.6. The summed E-state index contributed by atoms with van der Waals surface area (Å²) < 4.78 is 5.74. The first-order chi connectivity index (χ1) is 8.65. The van der Waals surface area contributed by atoms with Crippen LogP contribution < -0.4 is 5.73 Å². The van der Waals surface area contributed by atoms with Gasteiger partial charge in [0.15, 0.2) is 0 Å². The molecule has 1 aromatic rings. The summed E-state index contributed by atoms with van der Waals surface area (Å²) >= 11 is 5.99. The van der Waals surface area contributed by atoms with E-state index < -0.39 is 0 Å². The Morgan fingerprint density at radius 3 is 3.00 bits per heavy atom. The molecule has 1 saturated heterocycles. The van der Waals surface area contributed by atoms with E-state index in [1.807, 2.05) is 18.2 Å². The number of benzene rings is 1. The van der Waals surface area contributed by atoms with Gasteiger partial charge in [-0.15, -0.1) is 0 Å². The molecular weight excluding hydrogens is 248 g/mol. The second kappa shape index (κ2) is 6.41. The van der Waals surface area contributed by atoms with E-state index in [1.165, 1.54) is 12.8 Å². The molecule has 0 aromatic heterocycles. The highest BCUT2D eigenvalue weighted by atomic mass is 35.5. The molecular formula is C14H21ClN2O. The number of likely N-dealkylation sites (N-methyl/N-ethyl adjacent to an activating group) is 1. The minimum atomic E-state index is 0.365. The minimum absolute atomic E-state index is 0.365. The number of hydrogen-bond acceptors (Lipinski definition) is 3. The lowest BCUT2D eigenvalue weighted by Crippen LogP contribution is -2.33. The molecule has 2 rings (SSSR count). The summed E-state index contributed by atoms with van der Waals surface area (Å²) in [6.45, 7) is 2.66. The number of ether oxygens (including phenoxy) is 1. The third-order valence-electron chi connectivity index (χ3n) is 3.33. The number of nitrogens with zero attached hydrogens (tertiary/aromatic N) is 1. The lowest BCUT2D eigenvalue weighted by atomic mass is 10.1. The summed E-state index contributed by atoms with van der Waals surface area (Å²) in [5, 5.41) is 0.738. The molecule has 1 atom stereocenters. The molecule has 1 heterocycles. The van der Waals surface area contributed by atoms with Crippen LogP contribution in [0.4, 0.5) is 5.69 Å². The van der Waals surface area contributed by atoms with Crippen molar-refractivity contribution >= 4 is 17.3 Å². The highest BCUT2D eigenvalue weighted by molar-refractivity contribution is 6.30. The van der Waals surface area contributed by atoms with Gasteiger partial charge in [-0.05, 0) is 50.1 Å². The first-order valence-electron chi connectivity index (χ1n) is 6.49. The topological polar surface area (TPSA) is 38.5 Å². The third kappa shape index (κ3) is 3.87. The summed E-state index contributed by atoms with van der Waals surface area (Å²) in [4.78, 5) is 2.25. The van der Waals surface area contributed by atoms with Gasteiger partial charge in [0.2, 0.25) is 0 Å². The van der Waals surface area contributed by atoms with Crippen molar-refractivity contribution in [2.45, 2.75) is 31.9 Å². The van der Waals surface area contributed by atoms with E-state index in [2.05, 4.69) is 11.9 Å². The lowest BCUT2D eigenvalue weighted by molar-refractivity contribution is -0.00256. The van der Waals surface area contributed by atoms with Crippen LogP contribution in [0.15, 0.2) is 18.2 Å². The van der Waals surface area contributed by atoms with Crippen molar-refractivity contribution in [1.29, 1.82) is 0 Å². The molecule has 1 aromatic carbocycles. The molecule has 0 bridgehead atoms. The van der Waals surface area contributed by atoms with Gasteiger partial charge in [-0.25, -0.2) is 0 Å². The van der Waals surface area contributed by atoms with Gasteiger partial charge in [0, 0.05) is 30.4 Å². The molecule has 100 valence electrons. The largest absolute Gasteiger partial charge is 0.398 e. The molecule has 2 N–H and O–H groups in total. The Kier molecular flexibility index (Phi) is 4.87. The van der Waals surface area contributed by atoms with Crippen molar-refractivity contribution < 1.29 is 4.74 Å². The lowest BCUT2D eigenvalue weighted by Gasteiger charge is -2.27. The first-order valence-corrected chi connectivity index (χ1v) is 6.87. The maximum atomic E-state index is 5.99. The van der Waals surface area contributed by atoms with Gasteiger partial charge >= 0.3 is 0 Å². The highest BCUT2D eigenvalue weighted by Gasteiger charge is 2.16. The molecule has 1 unspecified atom stereocenters. The van der Waals surface area contributed by atoms with Crippen LogP contribution in [0.3, 0.4) is 0 Å². The van der Waals surface area contributed by atoms with Crippen LogP contribution in [0.1, 0.15) is 24.8 Å².